The van der Waals surface area contributed by atoms with E-state index in [4.69, 9.17) is 4.74 Å². The maximum Gasteiger partial charge on any atom is 0.119 e. The average molecular weight is 325 g/mol. The minimum Gasteiger partial charge on any atom is -0.497 e. The van der Waals surface area contributed by atoms with Crippen LogP contribution in [0.2, 0.25) is 0 Å². The number of hydrogen-bond acceptors (Lipinski definition) is 3. The van der Waals surface area contributed by atoms with Crippen LogP contribution < -0.4 is 10.1 Å². The number of methoxy groups -OCH3 is 1. The summed E-state index contributed by atoms with van der Waals surface area (Å²) in [7, 11) is 1.67. The van der Waals surface area contributed by atoms with Gasteiger partial charge in [0.2, 0.25) is 0 Å². The highest BCUT2D eigenvalue weighted by Gasteiger charge is 2.40. The van der Waals surface area contributed by atoms with E-state index in [1.54, 1.807) is 7.11 Å². The van der Waals surface area contributed by atoms with Crippen molar-refractivity contribution >= 4 is 0 Å². The van der Waals surface area contributed by atoms with E-state index in [-0.39, 0.29) is 5.92 Å². The molecule has 0 heterocycles. The lowest BCUT2D eigenvalue weighted by Gasteiger charge is -2.41. The van der Waals surface area contributed by atoms with Crippen molar-refractivity contribution in [3.63, 3.8) is 0 Å². The zero-order valence-corrected chi connectivity index (χ0v) is 14.4. The zero-order valence-electron chi connectivity index (χ0n) is 14.4. The first-order valence-electron chi connectivity index (χ1n) is 8.84. The molecule has 2 atom stereocenters. The van der Waals surface area contributed by atoms with Crippen molar-refractivity contribution in [2.45, 2.75) is 37.8 Å². The number of rotatable bonds is 6. The summed E-state index contributed by atoms with van der Waals surface area (Å²) in [5.74, 6) is 1.03. The molecule has 3 heteroatoms. The third kappa shape index (κ3) is 3.80. The van der Waals surface area contributed by atoms with Crippen molar-refractivity contribution in [3.8, 4) is 5.75 Å². The van der Waals surface area contributed by atoms with Crippen LogP contribution in [0.4, 0.5) is 0 Å². The Labute approximate surface area is 144 Å². The van der Waals surface area contributed by atoms with Gasteiger partial charge in [-0.05, 0) is 36.1 Å². The Morgan fingerprint density at radius 3 is 2.75 bits per heavy atom. The normalized spacial score (nSPS) is 23.8. The van der Waals surface area contributed by atoms with Crippen LogP contribution in [0.15, 0.2) is 54.6 Å². The molecule has 1 aliphatic rings. The molecule has 1 saturated carbocycles. The van der Waals surface area contributed by atoms with Crippen LogP contribution in [0.25, 0.3) is 0 Å². The highest BCUT2D eigenvalue weighted by Crippen LogP contribution is 2.42. The second-order valence-corrected chi connectivity index (χ2v) is 6.72. The first-order valence-corrected chi connectivity index (χ1v) is 8.84. The lowest BCUT2D eigenvalue weighted by Crippen LogP contribution is -2.43. The van der Waals surface area contributed by atoms with Crippen LogP contribution in [0.5, 0.6) is 5.75 Å². The first-order chi connectivity index (χ1) is 11.7. The number of hydrogen-bond donors (Lipinski definition) is 2. The molecule has 128 valence electrons. The molecule has 1 aliphatic carbocycles. The average Bonchev–Trinajstić information content (AvgIpc) is 2.64. The number of nitrogens with one attached hydrogen (secondary N) is 1. The summed E-state index contributed by atoms with van der Waals surface area (Å²) < 4.78 is 5.34. The predicted molar refractivity (Wildman–Crippen MR) is 97.0 cm³/mol. The maximum absolute atomic E-state index is 11.4. The van der Waals surface area contributed by atoms with E-state index >= 15 is 0 Å². The molecule has 0 spiro atoms. The molecule has 0 saturated heterocycles. The van der Waals surface area contributed by atoms with Crippen LogP contribution in [0.1, 0.15) is 36.8 Å². The lowest BCUT2D eigenvalue weighted by atomic mass is 9.71. The highest BCUT2D eigenvalue weighted by molar-refractivity contribution is 5.33. The lowest BCUT2D eigenvalue weighted by molar-refractivity contribution is -0.0538. The highest BCUT2D eigenvalue weighted by atomic mass is 16.5. The summed E-state index contributed by atoms with van der Waals surface area (Å²) in [4.78, 5) is 0. The summed E-state index contributed by atoms with van der Waals surface area (Å²) >= 11 is 0. The molecule has 2 aromatic carbocycles. The van der Waals surface area contributed by atoms with Crippen LogP contribution in [-0.4, -0.2) is 18.8 Å². The second kappa shape index (κ2) is 7.82. The Morgan fingerprint density at radius 2 is 1.96 bits per heavy atom. The van der Waals surface area contributed by atoms with Crippen molar-refractivity contribution < 1.29 is 9.84 Å². The molecule has 3 nitrogen and oxygen atoms in total. The molecule has 2 N–H and O–H groups in total. The quantitative estimate of drug-likeness (QED) is 0.847. The van der Waals surface area contributed by atoms with E-state index in [0.29, 0.717) is 0 Å². The summed E-state index contributed by atoms with van der Waals surface area (Å²) in [6.07, 6.45) is 4.13. The van der Waals surface area contributed by atoms with Gasteiger partial charge in [0.25, 0.3) is 0 Å². The van der Waals surface area contributed by atoms with Gasteiger partial charge in [0.05, 0.1) is 12.7 Å². The van der Waals surface area contributed by atoms with Gasteiger partial charge in [-0.3, -0.25) is 0 Å². The molecule has 0 bridgehead atoms. The maximum atomic E-state index is 11.4. The fourth-order valence-corrected chi connectivity index (χ4v) is 3.76. The predicted octanol–water partition coefficient (Wildman–Crippen LogP) is 3.86. The van der Waals surface area contributed by atoms with Crippen molar-refractivity contribution in [1.82, 2.24) is 5.32 Å². The summed E-state index contributed by atoms with van der Waals surface area (Å²) in [6, 6.07) is 18.3. The van der Waals surface area contributed by atoms with Gasteiger partial charge in [-0.2, -0.15) is 0 Å². The Morgan fingerprint density at radius 1 is 1.12 bits per heavy atom. The molecule has 0 amide bonds. The summed E-state index contributed by atoms with van der Waals surface area (Å²) in [5, 5.41) is 15.0. The van der Waals surface area contributed by atoms with E-state index in [9.17, 15) is 5.11 Å². The monoisotopic (exact) mass is 325 g/mol. The minimum absolute atomic E-state index is 0.224. The number of ether oxygens (including phenoxy) is 1. The van der Waals surface area contributed by atoms with Gasteiger partial charge in [0.1, 0.15) is 5.75 Å². The fraction of sp³-hybridized carbons (Fsp3) is 0.429. The summed E-state index contributed by atoms with van der Waals surface area (Å²) in [5.41, 5.74) is 1.49. The third-order valence-electron chi connectivity index (χ3n) is 5.17. The molecule has 2 unspecified atom stereocenters. The number of benzene rings is 2. The van der Waals surface area contributed by atoms with Crippen molar-refractivity contribution in [1.29, 1.82) is 0 Å². The molecule has 0 radical (unpaired) electrons. The van der Waals surface area contributed by atoms with Gasteiger partial charge in [-0.15, -0.1) is 0 Å². The van der Waals surface area contributed by atoms with Gasteiger partial charge >= 0.3 is 0 Å². The van der Waals surface area contributed by atoms with Crippen LogP contribution in [0, 0.1) is 5.92 Å². The molecule has 24 heavy (non-hydrogen) atoms. The largest absolute Gasteiger partial charge is 0.497 e. The fourth-order valence-electron chi connectivity index (χ4n) is 3.76. The van der Waals surface area contributed by atoms with E-state index in [1.165, 1.54) is 12.0 Å². The van der Waals surface area contributed by atoms with Crippen LogP contribution in [0.3, 0.4) is 0 Å². The van der Waals surface area contributed by atoms with E-state index in [1.807, 2.05) is 30.3 Å². The molecule has 0 aliphatic heterocycles. The van der Waals surface area contributed by atoms with E-state index in [0.717, 1.165) is 43.7 Å². The molecular formula is C21H27NO2. The Hall–Kier alpha value is -1.84. The van der Waals surface area contributed by atoms with Crippen LogP contribution in [-0.2, 0) is 12.1 Å². The Balaban J connectivity index is 1.70. The van der Waals surface area contributed by atoms with E-state index < -0.39 is 5.60 Å². The molecular weight excluding hydrogens is 298 g/mol. The number of aliphatic hydroxyl groups is 1. The molecule has 0 aromatic heterocycles. The second-order valence-electron chi connectivity index (χ2n) is 6.72. The van der Waals surface area contributed by atoms with Crippen molar-refractivity contribution in [3.05, 3.63) is 65.7 Å². The Bertz CT molecular complexity index is 643. The van der Waals surface area contributed by atoms with Gasteiger partial charge in [0.15, 0.2) is 0 Å². The minimum atomic E-state index is -0.767. The van der Waals surface area contributed by atoms with Crippen molar-refractivity contribution in [2.75, 3.05) is 13.7 Å². The zero-order chi connectivity index (χ0) is 16.8. The topological polar surface area (TPSA) is 41.5 Å². The van der Waals surface area contributed by atoms with Gasteiger partial charge in [0, 0.05) is 19.0 Å². The Kier molecular flexibility index (Phi) is 5.54. The van der Waals surface area contributed by atoms with Gasteiger partial charge < -0.3 is 15.2 Å². The van der Waals surface area contributed by atoms with Gasteiger partial charge in [-0.25, -0.2) is 0 Å². The first kappa shape index (κ1) is 17.0. The van der Waals surface area contributed by atoms with Crippen LogP contribution >= 0.6 is 0 Å². The SMILES string of the molecule is COc1cccc(C2(O)CCCCC2CNCc2ccccc2)c1. The smallest absolute Gasteiger partial charge is 0.119 e. The summed E-state index contributed by atoms with van der Waals surface area (Å²) in [6.45, 7) is 1.66. The van der Waals surface area contributed by atoms with Crippen molar-refractivity contribution in [2.24, 2.45) is 5.92 Å². The molecule has 3 rings (SSSR count). The van der Waals surface area contributed by atoms with Gasteiger partial charge in [-0.1, -0.05) is 55.3 Å². The molecule has 2 aromatic rings. The third-order valence-corrected chi connectivity index (χ3v) is 5.17. The van der Waals surface area contributed by atoms with E-state index in [2.05, 4.69) is 29.6 Å². The molecule has 1 fully saturated rings. The standard InChI is InChI=1S/C21H27NO2/c1-24-20-12-7-11-18(14-20)21(23)13-6-5-10-19(21)16-22-15-17-8-3-2-4-9-17/h2-4,7-9,11-12,14,19,22-23H,5-6,10,13,15-16H2,1H3.